The van der Waals surface area contributed by atoms with E-state index in [1.807, 2.05) is 4.68 Å². The van der Waals surface area contributed by atoms with Crippen LogP contribution in [0.3, 0.4) is 0 Å². The average Bonchev–Trinajstić information content (AvgIpc) is 3.53. The first-order chi connectivity index (χ1) is 29.1. The van der Waals surface area contributed by atoms with E-state index in [0.717, 1.165) is 43.5 Å². The van der Waals surface area contributed by atoms with E-state index in [-0.39, 0.29) is 0 Å². The number of hydrogen-bond acceptors (Lipinski definition) is 0. The molecule has 0 bridgehead atoms. The van der Waals surface area contributed by atoms with Gasteiger partial charge < -0.3 is 5.84 Å². The zero-order valence-corrected chi connectivity index (χ0v) is 39.6. The quantitative estimate of drug-likeness (QED) is 0.0477. The Morgan fingerprint density at radius 2 is 0.763 bits per heavy atom. The zero-order valence-electron chi connectivity index (χ0n) is 39.6. The maximum atomic E-state index is 9.68. The lowest BCUT2D eigenvalue weighted by atomic mass is 9.90. The molecule has 1 aliphatic heterocycles. The summed E-state index contributed by atoms with van der Waals surface area (Å²) < 4.78 is 1.82. The summed E-state index contributed by atoms with van der Waals surface area (Å²) in [4.78, 5) is 0. The van der Waals surface area contributed by atoms with Gasteiger partial charge in [0.15, 0.2) is 0 Å². The summed E-state index contributed by atoms with van der Waals surface area (Å²) in [5, 5.41) is 0. The number of benzene rings is 2. The molecule has 1 N–H and O–H groups in total. The summed E-state index contributed by atoms with van der Waals surface area (Å²) in [5.74, 6) is 9.68. The van der Waals surface area contributed by atoms with Gasteiger partial charge in [0.25, 0.3) is 0 Å². The summed E-state index contributed by atoms with van der Waals surface area (Å²) in [6.45, 7) is 9.15. The lowest BCUT2D eigenvalue weighted by Gasteiger charge is -2.10. The molecule has 0 atom stereocenters. The first kappa shape index (κ1) is 50.7. The van der Waals surface area contributed by atoms with Crippen molar-refractivity contribution in [3.8, 4) is 0 Å². The number of nitrogens with zero attached hydrogens (tertiary/aromatic N) is 1. The largest absolute Gasteiger partial charge is 0.448 e. The Kier molecular flexibility index (Phi) is 29.3. The number of hydrogen-bond donors (Lipinski definition) is 0. The SMILES string of the molecule is CCCCCCCCCCCCCCCCCCCCCCCCCCCCC=C1C(CCCC)=C(c2cccc(CCCC)c2)[N+]([NH-])=C1c1cccc(CCCC)c1. The van der Waals surface area contributed by atoms with Crippen LogP contribution in [-0.4, -0.2) is 10.4 Å². The molecule has 0 unspecified atom stereocenters. The van der Waals surface area contributed by atoms with E-state index in [9.17, 15) is 5.84 Å². The Labute approximate surface area is 367 Å². The highest BCUT2D eigenvalue weighted by Gasteiger charge is 2.35. The second-order valence-electron chi connectivity index (χ2n) is 18.5. The van der Waals surface area contributed by atoms with E-state index in [4.69, 9.17) is 0 Å². The van der Waals surface area contributed by atoms with Crippen LogP contribution >= 0.6 is 0 Å². The van der Waals surface area contributed by atoms with E-state index >= 15 is 0 Å². The van der Waals surface area contributed by atoms with Crippen molar-refractivity contribution < 1.29 is 4.68 Å². The third-order valence-electron chi connectivity index (χ3n) is 13.0. The summed E-state index contributed by atoms with van der Waals surface area (Å²) in [5.41, 5.74) is 10.1. The van der Waals surface area contributed by atoms with Crippen LogP contribution in [0.4, 0.5) is 0 Å². The van der Waals surface area contributed by atoms with Crippen LogP contribution < -0.4 is 0 Å². The fraction of sp³-hybridized carbons (Fsp3) is 0.702. The average molecular weight is 807 g/mol. The van der Waals surface area contributed by atoms with Crippen molar-refractivity contribution in [2.24, 2.45) is 0 Å². The molecule has 0 aromatic heterocycles. The van der Waals surface area contributed by atoms with Crippen molar-refractivity contribution in [3.63, 3.8) is 0 Å². The lowest BCUT2D eigenvalue weighted by molar-refractivity contribution is -0.347. The number of nitrogens with one attached hydrogen (secondary N) is 1. The van der Waals surface area contributed by atoms with Crippen LogP contribution in [-0.2, 0) is 12.8 Å². The number of rotatable bonds is 38. The third-order valence-corrected chi connectivity index (χ3v) is 13.0. The second kappa shape index (κ2) is 34.0. The predicted molar refractivity (Wildman–Crippen MR) is 264 cm³/mol. The van der Waals surface area contributed by atoms with Gasteiger partial charge in [0.2, 0.25) is 11.4 Å². The van der Waals surface area contributed by atoms with E-state index in [1.54, 1.807) is 0 Å². The Morgan fingerprint density at radius 3 is 1.19 bits per heavy atom. The summed E-state index contributed by atoms with van der Waals surface area (Å²) in [7, 11) is 0. The van der Waals surface area contributed by atoms with Crippen LogP contribution in [0.1, 0.15) is 268 Å². The van der Waals surface area contributed by atoms with Crippen molar-refractivity contribution in [2.75, 3.05) is 0 Å². The van der Waals surface area contributed by atoms with Crippen LogP contribution in [0, 0.1) is 0 Å². The van der Waals surface area contributed by atoms with Crippen molar-refractivity contribution in [3.05, 3.63) is 93.8 Å². The Hall–Kier alpha value is -2.61. The summed E-state index contributed by atoms with van der Waals surface area (Å²) in [6.07, 6.45) is 51.3. The molecule has 2 aromatic carbocycles. The number of aryl methyl sites for hydroxylation is 2. The molecule has 59 heavy (non-hydrogen) atoms. The molecule has 0 saturated carbocycles. The van der Waals surface area contributed by atoms with Gasteiger partial charge in [-0.3, -0.25) is 0 Å². The molecular weight excluding hydrogens is 713 g/mol. The molecule has 0 amide bonds. The minimum atomic E-state index is 1.03. The van der Waals surface area contributed by atoms with Crippen LogP contribution in [0.25, 0.3) is 11.5 Å². The van der Waals surface area contributed by atoms with Gasteiger partial charge in [0.1, 0.15) is 0 Å². The normalized spacial score (nSPS) is 13.8. The van der Waals surface area contributed by atoms with E-state index < -0.39 is 0 Å². The summed E-state index contributed by atoms with van der Waals surface area (Å²) in [6, 6.07) is 18.2. The van der Waals surface area contributed by atoms with E-state index in [0.29, 0.717) is 0 Å². The van der Waals surface area contributed by atoms with Gasteiger partial charge in [-0.05, 0) is 86.8 Å². The maximum absolute atomic E-state index is 9.68. The van der Waals surface area contributed by atoms with Crippen LogP contribution in [0.5, 0.6) is 0 Å². The molecule has 1 aliphatic rings. The maximum Gasteiger partial charge on any atom is 0.215 e. The highest BCUT2D eigenvalue weighted by molar-refractivity contribution is 6.16. The van der Waals surface area contributed by atoms with Crippen LogP contribution in [0.2, 0.25) is 0 Å². The Balaban J connectivity index is 1.35. The van der Waals surface area contributed by atoms with Crippen LogP contribution in [0.15, 0.2) is 65.8 Å². The second-order valence-corrected chi connectivity index (χ2v) is 18.5. The standard InChI is InChI=1S/C57H94N2/c1-5-9-13-14-15-16-17-18-19-20-21-22-23-24-25-26-27-28-29-30-31-32-33-34-35-36-37-47-55-54(46-12-8-4)56(52-44-38-42-50(48-52)40-10-6-2)59(58)57(55)53-45-39-43-51(49-53)41-11-7-3/h38-39,42-45,47-49,58H,5-37,40-41,46H2,1-4H3. The molecule has 1 heterocycles. The monoisotopic (exact) mass is 807 g/mol. The Bertz CT molecular complexity index is 1440. The van der Waals surface area contributed by atoms with Gasteiger partial charge in [-0.15, -0.1) is 0 Å². The fourth-order valence-corrected chi connectivity index (χ4v) is 9.27. The highest BCUT2D eigenvalue weighted by Crippen LogP contribution is 2.38. The van der Waals surface area contributed by atoms with Gasteiger partial charge >= 0.3 is 0 Å². The first-order valence-corrected chi connectivity index (χ1v) is 26.1. The van der Waals surface area contributed by atoms with Crippen molar-refractivity contribution in [1.29, 1.82) is 0 Å². The summed E-state index contributed by atoms with van der Waals surface area (Å²) >= 11 is 0. The first-order valence-electron chi connectivity index (χ1n) is 26.1. The molecule has 3 rings (SSSR count). The minimum Gasteiger partial charge on any atom is -0.448 e. The van der Waals surface area contributed by atoms with Crippen molar-refractivity contribution >= 4 is 11.4 Å². The molecule has 332 valence electrons. The van der Waals surface area contributed by atoms with Crippen molar-refractivity contribution in [1.82, 2.24) is 0 Å². The molecule has 0 saturated heterocycles. The molecule has 0 fully saturated rings. The molecule has 0 radical (unpaired) electrons. The lowest BCUT2D eigenvalue weighted by Crippen LogP contribution is -2.12. The highest BCUT2D eigenvalue weighted by atomic mass is 15.3. The molecule has 0 aliphatic carbocycles. The fourth-order valence-electron chi connectivity index (χ4n) is 9.27. The van der Waals surface area contributed by atoms with Gasteiger partial charge in [-0.25, -0.2) is 4.68 Å². The van der Waals surface area contributed by atoms with Gasteiger partial charge in [0, 0.05) is 16.7 Å². The van der Waals surface area contributed by atoms with Gasteiger partial charge in [-0.2, -0.15) is 0 Å². The van der Waals surface area contributed by atoms with Gasteiger partial charge in [-0.1, -0.05) is 238 Å². The minimum absolute atomic E-state index is 1.03. The molecule has 2 heteroatoms. The molecule has 2 nitrogen and oxygen atoms in total. The number of allylic oxidation sites excluding steroid dienone is 3. The topological polar surface area (TPSA) is 26.8 Å². The van der Waals surface area contributed by atoms with E-state index in [1.165, 1.54) is 232 Å². The smallest absolute Gasteiger partial charge is 0.215 e. The Morgan fingerprint density at radius 1 is 0.407 bits per heavy atom. The third kappa shape index (κ3) is 21.2. The molecular formula is C57H94N2. The zero-order chi connectivity index (χ0) is 42.0. The predicted octanol–water partition coefficient (Wildman–Crippen LogP) is 19.2. The number of unbranched alkanes of at least 4 members (excludes halogenated alkanes) is 29. The molecule has 0 spiro atoms. The molecule has 2 aromatic rings. The van der Waals surface area contributed by atoms with Gasteiger partial charge in [0.05, 0.1) is 5.57 Å². The van der Waals surface area contributed by atoms with Crippen molar-refractivity contribution in [2.45, 2.75) is 259 Å². The van der Waals surface area contributed by atoms with E-state index in [2.05, 4.69) is 82.3 Å².